The fraction of sp³-hybridized carbons (Fsp3) is 0.643. The van der Waals surface area contributed by atoms with Gasteiger partial charge in [-0.05, 0) is 33.6 Å². The van der Waals surface area contributed by atoms with E-state index in [4.69, 9.17) is 4.74 Å². The van der Waals surface area contributed by atoms with Gasteiger partial charge >= 0.3 is 0 Å². The van der Waals surface area contributed by atoms with Gasteiger partial charge in [0.2, 0.25) is 0 Å². The number of amides is 1. The molecule has 1 aromatic rings. The minimum atomic E-state index is -0.213. The van der Waals surface area contributed by atoms with Gasteiger partial charge < -0.3 is 15.4 Å². The minimum absolute atomic E-state index is 0.0851. The van der Waals surface area contributed by atoms with Crippen molar-refractivity contribution >= 4 is 11.7 Å². The van der Waals surface area contributed by atoms with Gasteiger partial charge in [0, 0.05) is 18.7 Å². The molecule has 0 bridgehead atoms. The van der Waals surface area contributed by atoms with Crippen LogP contribution in [0, 0.1) is 0 Å². The van der Waals surface area contributed by atoms with Gasteiger partial charge in [-0.1, -0.05) is 0 Å². The van der Waals surface area contributed by atoms with Crippen LogP contribution in [0.1, 0.15) is 44.1 Å². The van der Waals surface area contributed by atoms with Gasteiger partial charge in [-0.3, -0.25) is 4.79 Å². The summed E-state index contributed by atoms with van der Waals surface area (Å²) in [5.41, 5.74) is 0.237. The van der Waals surface area contributed by atoms with E-state index in [2.05, 4.69) is 20.6 Å². The van der Waals surface area contributed by atoms with E-state index < -0.39 is 0 Å². The number of rotatable bonds is 4. The molecule has 6 nitrogen and oxygen atoms in total. The largest absolute Gasteiger partial charge is 0.376 e. The molecule has 1 atom stereocenters. The molecule has 0 aliphatic carbocycles. The van der Waals surface area contributed by atoms with Crippen LogP contribution in [0.15, 0.2) is 12.4 Å². The van der Waals surface area contributed by atoms with Crippen LogP contribution in [0.3, 0.4) is 0 Å². The second-order valence-electron chi connectivity index (χ2n) is 6.01. The Kier molecular flexibility index (Phi) is 4.54. The Bertz CT molecular complexity index is 447. The van der Waals surface area contributed by atoms with E-state index >= 15 is 0 Å². The molecule has 2 rings (SSSR count). The Labute approximate surface area is 119 Å². The highest BCUT2D eigenvalue weighted by atomic mass is 16.5. The average Bonchev–Trinajstić information content (AvgIpc) is 2.88. The lowest BCUT2D eigenvalue weighted by Gasteiger charge is -2.20. The number of aromatic nitrogens is 2. The molecule has 1 amide bonds. The molecule has 20 heavy (non-hydrogen) atoms. The molecule has 0 radical (unpaired) electrons. The number of nitrogens with one attached hydrogen (secondary N) is 2. The van der Waals surface area contributed by atoms with Gasteiger partial charge in [0.1, 0.15) is 11.5 Å². The standard InChI is InChI=1S/C14H22N4O2/c1-14(2,3)18-12-9-15-11(8-16-12)13(19)17-7-10-5-4-6-20-10/h8-10H,4-7H2,1-3H3,(H,16,18)(H,17,19). The monoisotopic (exact) mass is 278 g/mol. The first kappa shape index (κ1) is 14.7. The van der Waals surface area contributed by atoms with Crippen molar-refractivity contribution < 1.29 is 9.53 Å². The summed E-state index contributed by atoms with van der Waals surface area (Å²) in [5.74, 6) is 0.448. The fourth-order valence-corrected chi connectivity index (χ4v) is 2.00. The molecule has 1 aromatic heterocycles. The van der Waals surface area contributed by atoms with E-state index in [-0.39, 0.29) is 17.6 Å². The zero-order valence-electron chi connectivity index (χ0n) is 12.3. The van der Waals surface area contributed by atoms with Crippen molar-refractivity contribution in [2.24, 2.45) is 0 Å². The van der Waals surface area contributed by atoms with Crippen LogP contribution in [0.5, 0.6) is 0 Å². The van der Waals surface area contributed by atoms with Crippen molar-refractivity contribution in [1.29, 1.82) is 0 Å². The molecule has 0 aromatic carbocycles. The molecule has 110 valence electrons. The van der Waals surface area contributed by atoms with Crippen molar-refractivity contribution in [1.82, 2.24) is 15.3 Å². The lowest BCUT2D eigenvalue weighted by molar-refractivity contribution is 0.0853. The summed E-state index contributed by atoms with van der Waals surface area (Å²) in [4.78, 5) is 20.2. The number of ether oxygens (including phenoxy) is 1. The van der Waals surface area contributed by atoms with E-state index in [1.165, 1.54) is 6.20 Å². The third kappa shape index (κ3) is 4.45. The minimum Gasteiger partial charge on any atom is -0.376 e. The molecule has 6 heteroatoms. The van der Waals surface area contributed by atoms with Gasteiger partial charge in [-0.25, -0.2) is 9.97 Å². The van der Waals surface area contributed by atoms with Crippen LogP contribution in [0.25, 0.3) is 0 Å². The molecule has 1 unspecified atom stereocenters. The molecule has 1 fully saturated rings. The van der Waals surface area contributed by atoms with Gasteiger partial charge in [0.05, 0.1) is 18.5 Å². The van der Waals surface area contributed by atoms with Gasteiger partial charge in [-0.15, -0.1) is 0 Å². The molecular weight excluding hydrogens is 256 g/mol. The highest BCUT2D eigenvalue weighted by Gasteiger charge is 2.17. The van der Waals surface area contributed by atoms with Crippen molar-refractivity contribution in [3.63, 3.8) is 0 Å². The van der Waals surface area contributed by atoms with Crippen molar-refractivity contribution in [2.45, 2.75) is 45.3 Å². The predicted octanol–water partition coefficient (Wildman–Crippen LogP) is 1.60. The topological polar surface area (TPSA) is 76.1 Å². The molecule has 1 saturated heterocycles. The zero-order valence-corrected chi connectivity index (χ0v) is 12.3. The number of anilines is 1. The Hall–Kier alpha value is -1.69. The SMILES string of the molecule is CC(C)(C)Nc1cnc(C(=O)NCC2CCCO2)cn1. The number of hydrogen-bond donors (Lipinski definition) is 2. The summed E-state index contributed by atoms with van der Waals surface area (Å²) in [5, 5.41) is 6.02. The van der Waals surface area contributed by atoms with Crippen LogP contribution < -0.4 is 10.6 Å². The van der Waals surface area contributed by atoms with Crippen molar-refractivity contribution in [3.8, 4) is 0 Å². The van der Waals surface area contributed by atoms with Crippen molar-refractivity contribution in [3.05, 3.63) is 18.1 Å². The maximum absolute atomic E-state index is 11.9. The molecule has 2 N–H and O–H groups in total. The van der Waals surface area contributed by atoms with Crippen LogP contribution >= 0.6 is 0 Å². The normalized spacial score (nSPS) is 18.9. The quantitative estimate of drug-likeness (QED) is 0.875. The Morgan fingerprint density at radius 1 is 1.40 bits per heavy atom. The third-order valence-electron chi connectivity index (χ3n) is 2.90. The molecule has 1 aliphatic rings. The van der Waals surface area contributed by atoms with Crippen LogP contribution in [-0.4, -0.2) is 40.7 Å². The Morgan fingerprint density at radius 2 is 2.20 bits per heavy atom. The smallest absolute Gasteiger partial charge is 0.271 e. The van der Waals surface area contributed by atoms with Crippen LogP contribution in [-0.2, 0) is 4.74 Å². The zero-order chi connectivity index (χ0) is 14.6. The summed E-state index contributed by atoms with van der Waals surface area (Å²) in [6, 6.07) is 0. The Morgan fingerprint density at radius 3 is 2.75 bits per heavy atom. The first-order valence-corrected chi connectivity index (χ1v) is 6.94. The first-order valence-electron chi connectivity index (χ1n) is 6.94. The summed E-state index contributed by atoms with van der Waals surface area (Å²) in [6.07, 6.45) is 5.26. The number of carbonyl (C=O) groups excluding carboxylic acids is 1. The van der Waals surface area contributed by atoms with E-state index in [1.54, 1.807) is 6.20 Å². The molecule has 0 saturated carbocycles. The van der Waals surface area contributed by atoms with Gasteiger partial charge in [-0.2, -0.15) is 0 Å². The molecular formula is C14H22N4O2. The number of nitrogens with zero attached hydrogens (tertiary/aromatic N) is 2. The molecule has 1 aliphatic heterocycles. The summed E-state index contributed by atoms with van der Waals surface area (Å²) in [7, 11) is 0. The second kappa shape index (κ2) is 6.17. The Balaban J connectivity index is 1.86. The van der Waals surface area contributed by atoms with Gasteiger partial charge in [0.25, 0.3) is 5.91 Å². The maximum Gasteiger partial charge on any atom is 0.271 e. The summed E-state index contributed by atoms with van der Waals surface area (Å²) in [6.45, 7) is 7.43. The fourth-order valence-electron chi connectivity index (χ4n) is 2.00. The predicted molar refractivity (Wildman–Crippen MR) is 76.7 cm³/mol. The lowest BCUT2D eigenvalue weighted by Crippen LogP contribution is -2.32. The number of hydrogen-bond acceptors (Lipinski definition) is 5. The molecule has 2 heterocycles. The third-order valence-corrected chi connectivity index (χ3v) is 2.90. The van der Waals surface area contributed by atoms with E-state index in [9.17, 15) is 4.79 Å². The lowest BCUT2D eigenvalue weighted by atomic mass is 10.1. The second-order valence-corrected chi connectivity index (χ2v) is 6.01. The average molecular weight is 278 g/mol. The van der Waals surface area contributed by atoms with E-state index in [1.807, 2.05) is 20.8 Å². The van der Waals surface area contributed by atoms with Crippen LogP contribution in [0.2, 0.25) is 0 Å². The summed E-state index contributed by atoms with van der Waals surface area (Å²) >= 11 is 0. The van der Waals surface area contributed by atoms with Crippen molar-refractivity contribution in [2.75, 3.05) is 18.5 Å². The van der Waals surface area contributed by atoms with E-state index in [0.29, 0.717) is 18.1 Å². The van der Waals surface area contributed by atoms with E-state index in [0.717, 1.165) is 19.4 Å². The summed E-state index contributed by atoms with van der Waals surface area (Å²) < 4.78 is 5.45. The maximum atomic E-state index is 11.9. The molecule has 0 spiro atoms. The number of carbonyl (C=O) groups is 1. The highest BCUT2D eigenvalue weighted by Crippen LogP contribution is 2.12. The first-order chi connectivity index (χ1) is 9.44. The van der Waals surface area contributed by atoms with Gasteiger partial charge in [0.15, 0.2) is 0 Å². The highest BCUT2D eigenvalue weighted by molar-refractivity contribution is 5.92. The van der Waals surface area contributed by atoms with Crippen LogP contribution in [0.4, 0.5) is 5.82 Å².